The van der Waals surface area contributed by atoms with Crippen LogP contribution >= 0.6 is 0 Å². The number of fused-ring (bicyclic) bond motifs is 3. The van der Waals surface area contributed by atoms with Crippen molar-refractivity contribution in [2.45, 2.75) is 109 Å². The number of allylic oxidation sites excluding steroid dienone is 6. The summed E-state index contributed by atoms with van der Waals surface area (Å²) in [4.78, 5) is 0. The highest BCUT2D eigenvalue weighted by atomic mass is 14.5. The Morgan fingerprint density at radius 1 is 0.472 bits per heavy atom. The van der Waals surface area contributed by atoms with E-state index in [0.29, 0.717) is 5.92 Å². The Balaban J connectivity index is 1.43. The third-order valence-electron chi connectivity index (χ3n) is 12.0. The summed E-state index contributed by atoms with van der Waals surface area (Å²) in [6.07, 6.45) is 18.7. The van der Waals surface area contributed by atoms with Gasteiger partial charge in [-0.25, -0.2) is 0 Å². The molecule has 270 valence electrons. The molecule has 2 aliphatic carbocycles. The zero-order valence-corrected chi connectivity index (χ0v) is 32.2. The number of hydrogen-bond donors (Lipinski definition) is 0. The molecule has 5 aromatic carbocycles. The van der Waals surface area contributed by atoms with Crippen LogP contribution in [0.1, 0.15) is 137 Å². The summed E-state index contributed by atoms with van der Waals surface area (Å²) < 4.78 is 0. The van der Waals surface area contributed by atoms with Crippen molar-refractivity contribution in [3.05, 3.63) is 191 Å². The topological polar surface area (TPSA) is 0 Å². The number of hydrogen-bond acceptors (Lipinski definition) is 0. The molecule has 0 bridgehead atoms. The lowest BCUT2D eigenvalue weighted by atomic mass is 9.58. The van der Waals surface area contributed by atoms with Crippen LogP contribution in [-0.2, 0) is 5.41 Å². The minimum absolute atomic E-state index is 0.294. The maximum absolute atomic E-state index is 2.58. The van der Waals surface area contributed by atoms with Crippen LogP contribution in [0, 0.1) is 0 Å². The molecule has 0 spiro atoms. The fourth-order valence-electron chi connectivity index (χ4n) is 9.49. The van der Waals surface area contributed by atoms with Gasteiger partial charge in [0.2, 0.25) is 0 Å². The average Bonchev–Trinajstić information content (AvgIpc) is 3.54. The molecule has 5 aromatic rings. The Labute approximate surface area is 320 Å². The van der Waals surface area contributed by atoms with Crippen molar-refractivity contribution < 1.29 is 0 Å². The zero-order chi connectivity index (χ0) is 36.3. The van der Waals surface area contributed by atoms with Crippen molar-refractivity contribution in [3.63, 3.8) is 0 Å². The van der Waals surface area contributed by atoms with Gasteiger partial charge in [-0.05, 0) is 105 Å². The van der Waals surface area contributed by atoms with Gasteiger partial charge in [0.1, 0.15) is 0 Å². The summed E-state index contributed by atoms with van der Waals surface area (Å²) in [5.41, 5.74) is 15.6. The van der Waals surface area contributed by atoms with Gasteiger partial charge in [0.15, 0.2) is 0 Å². The normalized spacial score (nSPS) is 17.1. The summed E-state index contributed by atoms with van der Waals surface area (Å²) in [7, 11) is 0. The van der Waals surface area contributed by atoms with Crippen molar-refractivity contribution in [1.29, 1.82) is 0 Å². The first-order valence-electron chi connectivity index (χ1n) is 20.8. The number of benzene rings is 5. The fraction of sp³-hybridized carbons (Fsp3) is 0.321. The fourth-order valence-corrected chi connectivity index (χ4v) is 9.49. The summed E-state index contributed by atoms with van der Waals surface area (Å²) >= 11 is 0. The second kappa shape index (κ2) is 17.9. The van der Waals surface area contributed by atoms with Crippen molar-refractivity contribution in [1.82, 2.24) is 0 Å². The van der Waals surface area contributed by atoms with Crippen molar-refractivity contribution >= 4 is 22.3 Å². The molecule has 0 fully saturated rings. The number of unbranched alkanes of at least 4 members (excludes halogenated alkanes) is 6. The Kier molecular flexibility index (Phi) is 12.4. The second-order valence-electron chi connectivity index (χ2n) is 15.4. The minimum atomic E-state index is -0.294. The highest BCUT2D eigenvalue weighted by Gasteiger charge is 2.49. The van der Waals surface area contributed by atoms with Gasteiger partial charge in [-0.1, -0.05) is 211 Å². The lowest BCUT2D eigenvalue weighted by molar-refractivity contribution is 0.518. The molecule has 2 atom stereocenters. The van der Waals surface area contributed by atoms with E-state index in [1.54, 1.807) is 11.1 Å². The van der Waals surface area contributed by atoms with E-state index in [9.17, 15) is 0 Å². The first-order chi connectivity index (χ1) is 26.3. The molecule has 0 amide bonds. The standard InChI is InChI=1S/C53H58/c1-3-5-7-8-9-24-39-53(45-34-20-13-21-35-45)51(44-31-18-12-19-32-44)49(43-29-16-11-17-30-43)40-50-47-37-23-22-36-46(47)48(52(50)53)38-25-33-41(26-6-4-2)42-27-14-10-15-28-42/h10-23,27-32,34-37,40-41H,3-9,24-26,33,38-39H2,1-2H3. The molecule has 2 unspecified atom stereocenters. The van der Waals surface area contributed by atoms with Gasteiger partial charge in [-0.3, -0.25) is 0 Å². The van der Waals surface area contributed by atoms with Gasteiger partial charge >= 0.3 is 0 Å². The lowest BCUT2D eigenvalue weighted by Gasteiger charge is -2.44. The van der Waals surface area contributed by atoms with Crippen molar-refractivity contribution in [3.8, 4) is 0 Å². The van der Waals surface area contributed by atoms with E-state index in [2.05, 4.69) is 166 Å². The van der Waals surface area contributed by atoms with Crippen LogP contribution in [0.3, 0.4) is 0 Å². The summed E-state index contributed by atoms with van der Waals surface area (Å²) in [5, 5.41) is 0. The minimum Gasteiger partial charge on any atom is -0.0654 e. The molecule has 2 aliphatic rings. The molecule has 0 heterocycles. The molecule has 53 heavy (non-hydrogen) atoms. The maximum atomic E-state index is 2.58. The highest BCUT2D eigenvalue weighted by Crippen LogP contribution is 2.63. The van der Waals surface area contributed by atoms with E-state index in [4.69, 9.17) is 0 Å². The maximum Gasteiger partial charge on any atom is 0.0472 e. The van der Waals surface area contributed by atoms with Gasteiger partial charge in [-0.2, -0.15) is 0 Å². The quantitative estimate of drug-likeness (QED) is 0.0801. The summed E-state index contributed by atoms with van der Waals surface area (Å²) in [5.74, 6) is 0.603. The lowest BCUT2D eigenvalue weighted by Crippen LogP contribution is -2.34. The average molecular weight is 695 g/mol. The van der Waals surface area contributed by atoms with Crippen LogP contribution in [-0.4, -0.2) is 0 Å². The number of rotatable bonds is 18. The van der Waals surface area contributed by atoms with Gasteiger partial charge < -0.3 is 0 Å². The van der Waals surface area contributed by atoms with Crippen LogP contribution < -0.4 is 0 Å². The molecule has 0 aliphatic heterocycles. The Bertz CT molecular complexity index is 1990. The van der Waals surface area contributed by atoms with Crippen molar-refractivity contribution in [2.75, 3.05) is 0 Å². The second-order valence-corrected chi connectivity index (χ2v) is 15.4. The molecule has 7 rings (SSSR count). The molecule has 0 saturated heterocycles. The van der Waals surface area contributed by atoms with E-state index in [-0.39, 0.29) is 5.41 Å². The smallest absolute Gasteiger partial charge is 0.0472 e. The van der Waals surface area contributed by atoms with Crippen LogP contribution in [0.5, 0.6) is 0 Å². The van der Waals surface area contributed by atoms with E-state index in [0.717, 1.165) is 12.8 Å². The van der Waals surface area contributed by atoms with Gasteiger partial charge in [0, 0.05) is 5.41 Å². The molecule has 0 radical (unpaired) electrons. The first-order valence-corrected chi connectivity index (χ1v) is 20.8. The highest BCUT2D eigenvalue weighted by molar-refractivity contribution is 6.16. The Hall–Kier alpha value is -4.68. The van der Waals surface area contributed by atoms with E-state index in [1.165, 1.54) is 121 Å². The largest absolute Gasteiger partial charge is 0.0654 e. The first kappa shape index (κ1) is 36.7. The Morgan fingerprint density at radius 2 is 1.02 bits per heavy atom. The molecule has 0 N–H and O–H groups in total. The molecular weight excluding hydrogens is 637 g/mol. The van der Waals surface area contributed by atoms with E-state index >= 15 is 0 Å². The van der Waals surface area contributed by atoms with Crippen LogP contribution in [0.15, 0.2) is 157 Å². The van der Waals surface area contributed by atoms with Crippen LogP contribution in [0.4, 0.5) is 0 Å². The molecule has 0 heteroatoms. The predicted octanol–water partition coefficient (Wildman–Crippen LogP) is 15.3. The Morgan fingerprint density at radius 3 is 1.70 bits per heavy atom. The molecule has 0 aromatic heterocycles. The summed E-state index contributed by atoms with van der Waals surface area (Å²) in [6, 6.07) is 54.9. The predicted molar refractivity (Wildman–Crippen MR) is 230 cm³/mol. The molecule has 0 saturated carbocycles. The van der Waals surface area contributed by atoms with Crippen molar-refractivity contribution in [2.24, 2.45) is 0 Å². The van der Waals surface area contributed by atoms with Gasteiger partial charge in [-0.15, -0.1) is 0 Å². The van der Waals surface area contributed by atoms with Crippen LogP contribution in [0.2, 0.25) is 0 Å². The monoisotopic (exact) mass is 694 g/mol. The van der Waals surface area contributed by atoms with E-state index < -0.39 is 0 Å². The molecule has 0 nitrogen and oxygen atoms in total. The van der Waals surface area contributed by atoms with E-state index in [1.807, 2.05) is 0 Å². The van der Waals surface area contributed by atoms with Crippen LogP contribution in [0.25, 0.3) is 22.3 Å². The third-order valence-corrected chi connectivity index (χ3v) is 12.0. The van der Waals surface area contributed by atoms with Gasteiger partial charge in [0.05, 0.1) is 0 Å². The van der Waals surface area contributed by atoms with Gasteiger partial charge in [0.25, 0.3) is 0 Å². The molecular formula is C53H58. The third kappa shape index (κ3) is 7.84. The SMILES string of the molecule is CCCCCCCCC1(c2ccccc2)C2=C(CCCC(CCCC)c3ccccc3)c3ccccc3C2=CC(c2ccccc2)=C1c1ccccc1. The zero-order valence-electron chi connectivity index (χ0n) is 32.2. The summed E-state index contributed by atoms with van der Waals surface area (Å²) in [6.45, 7) is 4.65.